The molecule has 0 spiro atoms. The van der Waals surface area contributed by atoms with Crippen LogP contribution in [0.3, 0.4) is 0 Å². The molecule has 0 aliphatic rings. The zero-order chi connectivity index (χ0) is 34.9. The maximum atomic E-state index is 2.42. The molecule has 0 saturated carbocycles. The molecule has 2 heterocycles. The molecule has 0 fully saturated rings. The van der Waals surface area contributed by atoms with Gasteiger partial charge in [0.1, 0.15) is 0 Å². The molecule has 9 aromatic carbocycles. The molecule has 0 aliphatic heterocycles. The van der Waals surface area contributed by atoms with E-state index in [1.807, 2.05) is 22.7 Å². The van der Waals surface area contributed by atoms with E-state index in [0.29, 0.717) is 0 Å². The lowest BCUT2D eigenvalue weighted by molar-refractivity contribution is 1.29. The summed E-state index contributed by atoms with van der Waals surface area (Å²) in [4.78, 5) is 2.37. The number of rotatable bonds is 5. The van der Waals surface area contributed by atoms with Gasteiger partial charge in [-0.2, -0.15) is 0 Å². The Bertz CT molecular complexity index is 3130. The van der Waals surface area contributed by atoms with Crippen LogP contribution in [-0.4, -0.2) is 0 Å². The molecule has 3 heteroatoms. The predicted octanol–water partition coefficient (Wildman–Crippen LogP) is 15.5. The van der Waals surface area contributed by atoms with Gasteiger partial charge in [0.2, 0.25) is 0 Å². The number of benzene rings is 9. The average molecular weight is 710 g/mol. The summed E-state index contributed by atoms with van der Waals surface area (Å²) in [5, 5.41) is 10.3. The van der Waals surface area contributed by atoms with Gasteiger partial charge < -0.3 is 4.90 Å². The van der Waals surface area contributed by atoms with Gasteiger partial charge in [0.05, 0.1) is 0 Å². The molecule has 0 aliphatic carbocycles. The maximum Gasteiger partial charge on any atom is 0.0468 e. The highest BCUT2D eigenvalue weighted by Gasteiger charge is 2.21. The van der Waals surface area contributed by atoms with Crippen LogP contribution in [0.5, 0.6) is 0 Å². The van der Waals surface area contributed by atoms with Crippen molar-refractivity contribution in [1.29, 1.82) is 0 Å². The van der Waals surface area contributed by atoms with E-state index >= 15 is 0 Å². The summed E-state index contributed by atoms with van der Waals surface area (Å²) < 4.78 is 5.28. The van der Waals surface area contributed by atoms with Crippen LogP contribution in [0, 0.1) is 0 Å². The van der Waals surface area contributed by atoms with Crippen molar-refractivity contribution in [3.8, 4) is 22.3 Å². The number of anilines is 3. The molecule has 0 bridgehead atoms. The number of thiophene rings is 2. The summed E-state index contributed by atoms with van der Waals surface area (Å²) in [5.41, 5.74) is 8.40. The van der Waals surface area contributed by atoms with E-state index in [4.69, 9.17) is 0 Å². The molecule has 0 N–H and O–H groups in total. The van der Waals surface area contributed by atoms with Gasteiger partial charge in [0.25, 0.3) is 0 Å². The van der Waals surface area contributed by atoms with E-state index in [0.717, 1.165) is 17.1 Å². The molecule has 0 saturated heterocycles. The molecule has 53 heavy (non-hydrogen) atoms. The fourth-order valence-corrected chi connectivity index (χ4v) is 10.6. The third kappa shape index (κ3) is 4.89. The van der Waals surface area contributed by atoms with Crippen LogP contribution >= 0.6 is 22.7 Å². The van der Waals surface area contributed by atoms with Crippen LogP contribution in [0.25, 0.3) is 84.1 Å². The summed E-state index contributed by atoms with van der Waals surface area (Å²) in [5.74, 6) is 0. The monoisotopic (exact) mass is 709 g/mol. The minimum atomic E-state index is 1.13. The van der Waals surface area contributed by atoms with Crippen LogP contribution in [0.15, 0.2) is 188 Å². The Morgan fingerprint density at radius 3 is 1.19 bits per heavy atom. The van der Waals surface area contributed by atoms with Crippen molar-refractivity contribution in [1.82, 2.24) is 0 Å². The number of nitrogens with zero attached hydrogens (tertiary/aromatic N) is 1. The standard InChI is InChI=1S/C50H31NS2/c1-3-13-34(14-4-1)51(35-15-5-2-6-16-35)36-25-28-43-44(31-36)50(33-24-27-40-38-18-10-12-22-46(38)53-48(40)30-33)42-20-8-7-19-41(42)49(43)32-23-26-39-37-17-9-11-21-45(37)52-47(39)29-32/h1-31H. The minimum Gasteiger partial charge on any atom is -0.310 e. The van der Waals surface area contributed by atoms with Crippen LogP contribution in [0.1, 0.15) is 0 Å². The summed E-state index contributed by atoms with van der Waals surface area (Å²) in [6, 6.07) is 69.2. The molecule has 2 aromatic heterocycles. The van der Waals surface area contributed by atoms with Crippen molar-refractivity contribution in [3.63, 3.8) is 0 Å². The van der Waals surface area contributed by atoms with E-state index in [1.165, 1.54) is 84.1 Å². The highest BCUT2D eigenvalue weighted by atomic mass is 32.1. The second-order valence-electron chi connectivity index (χ2n) is 13.7. The lowest BCUT2D eigenvalue weighted by Crippen LogP contribution is -2.09. The molecule has 0 amide bonds. The topological polar surface area (TPSA) is 3.24 Å². The van der Waals surface area contributed by atoms with E-state index in [9.17, 15) is 0 Å². The van der Waals surface area contributed by atoms with Crippen molar-refractivity contribution < 1.29 is 0 Å². The molecule has 0 atom stereocenters. The van der Waals surface area contributed by atoms with Crippen molar-refractivity contribution in [2.45, 2.75) is 0 Å². The highest BCUT2D eigenvalue weighted by Crippen LogP contribution is 2.48. The zero-order valence-corrected chi connectivity index (χ0v) is 30.3. The van der Waals surface area contributed by atoms with Gasteiger partial charge in [-0.05, 0) is 104 Å². The minimum absolute atomic E-state index is 1.13. The molecular formula is C50H31NS2. The van der Waals surface area contributed by atoms with Crippen LogP contribution < -0.4 is 4.90 Å². The number of para-hydroxylation sites is 2. The second-order valence-corrected chi connectivity index (χ2v) is 15.8. The Balaban J connectivity index is 1.23. The van der Waals surface area contributed by atoms with Gasteiger partial charge in [-0.25, -0.2) is 0 Å². The van der Waals surface area contributed by atoms with E-state index in [1.54, 1.807) is 0 Å². The number of hydrogen-bond acceptors (Lipinski definition) is 3. The Labute approximate surface area is 315 Å². The maximum absolute atomic E-state index is 2.42. The van der Waals surface area contributed by atoms with Gasteiger partial charge in [-0.1, -0.05) is 127 Å². The molecule has 1 nitrogen and oxygen atoms in total. The molecule has 11 aromatic rings. The smallest absolute Gasteiger partial charge is 0.0468 e. The molecule has 248 valence electrons. The molecule has 11 rings (SSSR count). The number of hydrogen-bond donors (Lipinski definition) is 0. The first kappa shape index (κ1) is 30.4. The zero-order valence-electron chi connectivity index (χ0n) is 28.7. The number of fused-ring (bicyclic) bond motifs is 8. The first-order valence-electron chi connectivity index (χ1n) is 18.0. The summed E-state index contributed by atoms with van der Waals surface area (Å²) >= 11 is 3.76. The van der Waals surface area contributed by atoms with Gasteiger partial charge in [0.15, 0.2) is 0 Å². The fraction of sp³-hybridized carbons (Fsp3) is 0. The molecule has 0 radical (unpaired) electrons. The summed E-state index contributed by atoms with van der Waals surface area (Å²) in [6.07, 6.45) is 0. The molecule has 0 unspecified atom stereocenters. The van der Waals surface area contributed by atoms with Crippen LogP contribution in [-0.2, 0) is 0 Å². The van der Waals surface area contributed by atoms with Crippen molar-refractivity contribution in [2.75, 3.05) is 4.90 Å². The first-order chi connectivity index (χ1) is 26.3. The third-order valence-corrected chi connectivity index (χ3v) is 12.9. The lowest BCUT2D eigenvalue weighted by Gasteiger charge is -2.27. The third-order valence-electron chi connectivity index (χ3n) is 10.6. The SMILES string of the molecule is c1ccc(N(c2ccccc2)c2ccc3c(-c4ccc5c(c4)sc4ccccc45)c4ccccc4c(-c4ccc5c(c4)sc4ccccc45)c3c2)cc1. The van der Waals surface area contributed by atoms with E-state index < -0.39 is 0 Å². The fourth-order valence-electron chi connectivity index (χ4n) is 8.29. The lowest BCUT2D eigenvalue weighted by atomic mass is 9.85. The Hall–Kier alpha value is -6.26. The largest absolute Gasteiger partial charge is 0.310 e. The average Bonchev–Trinajstić information content (AvgIpc) is 3.78. The Kier molecular flexibility index (Phi) is 6.97. The van der Waals surface area contributed by atoms with Crippen molar-refractivity contribution in [3.05, 3.63) is 188 Å². The Morgan fingerprint density at radius 2 is 0.660 bits per heavy atom. The van der Waals surface area contributed by atoms with Gasteiger partial charge in [-0.15, -0.1) is 22.7 Å². The molecular weight excluding hydrogens is 679 g/mol. The van der Waals surface area contributed by atoms with Gasteiger partial charge >= 0.3 is 0 Å². The normalized spacial score (nSPS) is 11.8. The second kappa shape index (κ2) is 12.2. The van der Waals surface area contributed by atoms with Gasteiger partial charge in [-0.3, -0.25) is 0 Å². The van der Waals surface area contributed by atoms with Crippen molar-refractivity contribution in [2.24, 2.45) is 0 Å². The first-order valence-corrected chi connectivity index (χ1v) is 19.6. The van der Waals surface area contributed by atoms with E-state index in [2.05, 4.69) is 193 Å². The predicted molar refractivity (Wildman–Crippen MR) is 233 cm³/mol. The van der Waals surface area contributed by atoms with E-state index in [-0.39, 0.29) is 0 Å². The quantitative estimate of drug-likeness (QED) is 0.161. The van der Waals surface area contributed by atoms with Gasteiger partial charge in [0, 0.05) is 57.4 Å². The van der Waals surface area contributed by atoms with Crippen LogP contribution in [0.4, 0.5) is 17.1 Å². The van der Waals surface area contributed by atoms with Crippen LogP contribution in [0.2, 0.25) is 0 Å². The Morgan fingerprint density at radius 1 is 0.264 bits per heavy atom. The van der Waals surface area contributed by atoms with Crippen molar-refractivity contribution >= 4 is 102 Å². The summed E-state index contributed by atoms with van der Waals surface area (Å²) in [6.45, 7) is 0. The highest BCUT2D eigenvalue weighted by molar-refractivity contribution is 7.26. The summed E-state index contributed by atoms with van der Waals surface area (Å²) in [7, 11) is 0.